The second-order valence-electron chi connectivity index (χ2n) is 6.38. The molecule has 0 unspecified atom stereocenters. The molecule has 1 aliphatic heterocycles. The van der Waals surface area contributed by atoms with Gasteiger partial charge in [-0.2, -0.15) is 0 Å². The molecule has 216 valence electrons. The van der Waals surface area contributed by atoms with Gasteiger partial charge in [-0.3, -0.25) is 28.8 Å². The van der Waals surface area contributed by atoms with Crippen molar-refractivity contribution in [2.24, 2.45) is 11.5 Å². The lowest BCUT2D eigenvalue weighted by atomic mass is 10.3. The van der Waals surface area contributed by atoms with Crippen LogP contribution in [0, 0.1) is 0 Å². The summed E-state index contributed by atoms with van der Waals surface area (Å²) in [5.41, 5.74) is 9.71. The maximum Gasteiger partial charge on any atom is 0.358 e. The minimum absolute atomic E-state index is 0. The summed E-state index contributed by atoms with van der Waals surface area (Å²) in [7, 11) is 4.08. The minimum Gasteiger partial charge on any atom is -0.375 e. The first kappa shape index (κ1) is 41.4. The van der Waals surface area contributed by atoms with Crippen molar-refractivity contribution in [2.75, 3.05) is 67.3 Å². The lowest BCUT2D eigenvalue weighted by molar-refractivity contribution is -0.199. The lowest BCUT2D eigenvalue weighted by Gasteiger charge is -2.11. The number of nitrogens with one attached hydrogen (secondary N) is 2. The Morgan fingerprint density at radius 2 is 1.11 bits per heavy atom. The molecule has 1 fully saturated rings. The average Bonchev–Trinajstić information content (AvgIpc) is 3.14. The molecule has 1 heterocycles. The third kappa shape index (κ3) is 23.4. The van der Waals surface area contributed by atoms with Crippen LogP contribution in [0.25, 0.3) is 0 Å². The van der Waals surface area contributed by atoms with Crippen LogP contribution in [-0.4, -0.2) is 114 Å². The van der Waals surface area contributed by atoms with Crippen LogP contribution in [-0.2, 0) is 52.6 Å². The number of carbonyl (C=O) groups excluding carboxylic acids is 7. The number of hydrogen-bond donors (Lipinski definition) is 4. The Morgan fingerprint density at radius 3 is 1.41 bits per heavy atom. The molecule has 1 saturated heterocycles. The Morgan fingerprint density at radius 1 is 0.730 bits per heavy atom. The molecule has 0 saturated carbocycles. The monoisotopic (exact) mass is 579 g/mol. The fourth-order valence-corrected chi connectivity index (χ4v) is 1.81. The van der Waals surface area contributed by atoms with Crippen LogP contribution in [0.15, 0.2) is 0 Å². The minimum atomic E-state index is -0.758. The van der Waals surface area contributed by atoms with E-state index in [1.807, 2.05) is 0 Å². The Kier molecular flexibility index (Phi) is 29.5. The predicted octanol–water partition coefficient (Wildman–Crippen LogP) is -3.36. The van der Waals surface area contributed by atoms with Crippen LogP contribution in [0.2, 0.25) is 0 Å². The normalized spacial score (nSPS) is 11.3. The van der Waals surface area contributed by atoms with Gasteiger partial charge in [0, 0.05) is 34.2 Å². The van der Waals surface area contributed by atoms with Crippen molar-refractivity contribution in [3.63, 3.8) is 0 Å². The fraction of sp³-hybridized carbons (Fsp3) is 0.632. The predicted molar refractivity (Wildman–Crippen MR) is 131 cm³/mol. The van der Waals surface area contributed by atoms with E-state index in [0.717, 1.165) is 0 Å². The van der Waals surface area contributed by atoms with Gasteiger partial charge in [0.1, 0.15) is 19.8 Å². The molecule has 0 aromatic carbocycles. The molecule has 0 bridgehead atoms. The standard InChI is InChI=1S/C9H16N2O5.C7H9NO5.C3H8N2O.2ClH/c1-15-5-8(13)10-3-7(12)4-11-9(14)6-16-2;1-12-4-7(11)13-8-5(9)2-3-6(8)10;4-1-3(6)2-5;;/h3-6H2,1-2H3,(H,10,13)(H,11,14);2-4H2,1H3;1-2,4-5H2;2*1H. The van der Waals surface area contributed by atoms with Crippen LogP contribution >= 0.6 is 24.8 Å². The summed E-state index contributed by atoms with van der Waals surface area (Å²) < 4.78 is 13.6. The smallest absolute Gasteiger partial charge is 0.358 e. The van der Waals surface area contributed by atoms with E-state index in [-0.39, 0.29) is 107 Å². The van der Waals surface area contributed by atoms with Gasteiger partial charge < -0.3 is 41.1 Å². The van der Waals surface area contributed by atoms with E-state index in [1.54, 1.807) is 0 Å². The number of ketones is 2. The highest BCUT2D eigenvalue weighted by atomic mass is 35.5. The van der Waals surface area contributed by atoms with Gasteiger partial charge >= 0.3 is 5.97 Å². The van der Waals surface area contributed by atoms with E-state index in [0.29, 0.717) is 5.06 Å². The highest BCUT2D eigenvalue weighted by Gasteiger charge is 2.32. The quantitative estimate of drug-likeness (QED) is 0.156. The van der Waals surface area contributed by atoms with Gasteiger partial charge in [0.2, 0.25) is 11.8 Å². The number of nitrogens with two attached hydrogens (primary N) is 2. The first-order valence-corrected chi connectivity index (χ1v) is 10.1. The average molecular weight is 580 g/mol. The third-order valence-corrected chi connectivity index (χ3v) is 3.43. The molecule has 1 rings (SSSR count). The molecule has 18 heteroatoms. The topological polar surface area (TPSA) is 236 Å². The van der Waals surface area contributed by atoms with Gasteiger partial charge in [-0.25, -0.2) is 4.79 Å². The zero-order valence-corrected chi connectivity index (χ0v) is 22.4. The van der Waals surface area contributed by atoms with Crippen LogP contribution in [0.4, 0.5) is 0 Å². The number of amides is 4. The van der Waals surface area contributed by atoms with Gasteiger partial charge in [0.25, 0.3) is 11.8 Å². The first-order chi connectivity index (χ1) is 16.6. The summed E-state index contributed by atoms with van der Waals surface area (Å²) >= 11 is 0. The van der Waals surface area contributed by atoms with E-state index in [9.17, 15) is 33.6 Å². The molecule has 16 nitrogen and oxygen atoms in total. The lowest BCUT2D eigenvalue weighted by Crippen LogP contribution is -2.38. The summed E-state index contributed by atoms with van der Waals surface area (Å²) in [6.07, 6.45) is 0.193. The zero-order chi connectivity index (χ0) is 27.2. The molecule has 1 aliphatic rings. The van der Waals surface area contributed by atoms with Gasteiger partial charge in [0.15, 0.2) is 11.6 Å². The molecule has 0 radical (unpaired) electrons. The number of imide groups is 1. The van der Waals surface area contributed by atoms with Gasteiger partial charge in [-0.15, -0.1) is 29.9 Å². The summed E-state index contributed by atoms with van der Waals surface area (Å²) in [5.74, 6) is -2.89. The van der Waals surface area contributed by atoms with E-state index in [1.165, 1.54) is 21.3 Å². The number of hydroxylamine groups is 2. The van der Waals surface area contributed by atoms with Gasteiger partial charge in [-0.05, 0) is 0 Å². The number of halogens is 2. The van der Waals surface area contributed by atoms with E-state index in [2.05, 4.69) is 29.7 Å². The molecule has 0 atom stereocenters. The summed E-state index contributed by atoms with van der Waals surface area (Å²) in [4.78, 5) is 79.9. The Labute approximate surface area is 226 Å². The molecular weight excluding hydrogens is 545 g/mol. The number of carbonyl (C=O) groups is 7. The van der Waals surface area contributed by atoms with Crippen LogP contribution in [0.3, 0.4) is 0 Å². The largest absolute Gasteiger partial charge is 0.375 e. The van der Waals surface area contributed by atoms with Crippen LogP contribution in [0.1, 0.15) is 12.8 Å². The zero-order valence-electron chi connectivity index (χ0n) is 20.8. The highest BCUT2D eigenvalue weighted by molar-refractivity contribution is 6.01. The van der Waals surface area contributed by atoms with Gasteiger partial charge in [-0.1, -0.05) is 0 Å². The van der Waals surface area contributed by atoms with Crippen LogP contribution in [0.5, 0.6) is 0 Å². The third-order valence-electron chi connectivity index (χ3n) is 3.43. The molecule has 6 N–H and O–H groups in total. The SMILES string of the molecule is COCC(=O)NCC(=O)CNC(=O)COC.COCC(=O)ON1C(=O)CCC1=O.Cl.Cl.NCC(=O)CN. The molecule has 0 aromatic heterocycles. The fourth-order valence-electron chi connectivity index (χ4n) is 1.81. The van der Waals surface area contributed by atoms with Gasteiger partial charge in [0.05, 0.1) is 26.2 Å². The first-order valence-electron chi connectivity index (χ1n) is 10.1. The van der Waals surface area contributed by atoms with E-state index in [4.69, 9.17) is 11.5 Å². The summed E-state index contributed by atoms with van der Waals surface area (Å²) in [6, 6.07) is 0. The number of Topliss-reactive ketones (excluding diaryl/α,β-unsaturated/α-hetero) is 2. The Balaban J connectivity index is -0.000000234. The van der Waals surface area contributed by atoms with Crippen molar-refractivity contribution in [2.45, 2.75) is 12.8 Å². The van der Waals surface area contributed by atoms with Crippen molar-refractivity contribution in [3.8, 4) is 0 Å². The molecule has 37 heavy (non-hydrogen) atoms. The summed E-state index contributed by atoms with van der Waals surface area (Å²) in [5, 5.41) is 5.17. The van der Waals surface area contributed by atoms with Crippen molar-refractivity contribution < 1.29 is 52.6 Å². The number of ether oxygens (including phenoxy) is 3. The van der Waals surface area contributed by atoms with Crippen LogP contribution < -0.4 is 22.1 Å². The molecule has 4 amide bonds. The highest BCUT2D eigenvalue weighted by Crippen LogP contribution is 2.11. The number of methoxy groups -OCH3 is 3. The van der Waals surface area contributed by atoms with Crippen molar-refractivity contribution >= 4 is 66.0 Å². The molecule has 0 aromatic rings. The number of hydrogen-bond acceptors (Lipinski definition) is 13. The Bertz CT molecular complexity index is 695. The Hall–Kier alpha value is -2.73. The molecule has 0 aliphatic carbocycles. The van der Waals surface area contributed by atoms with Crippen molar-refractivity contribution in [1.82, 2.24) is 15.7 Å². The second kappa shape index (κ2) is 26.3. The van der Waals surface area contributed by atoms with E-state index >= 15 is 0 Å². The maximum absolute atomic E-state index is 11.1. The number of nitrogens with zero attached hydrogens (tertiary/aromatic N) is 1. The van der Waals surface area contributed by atoms with Crippen molar-refractivity contribution in [3.05, 3.63) is 0 Å². The summed E-state index contributed by atoms with van der Waals surface area (Å²) in [6.45, 7) is -0.596. The van der Waals surface area contributed by atoms with E-state index < -0.39 is 17.8 Å². The number of rotatable bonds is 13. The van der Waals surface area contributed by atoms with Crippen molar-refractivity contribution in [1.29, 1.82) is 0 Å². The molecular formula is C19H35Cl2N5O11. The maximum atomic E-state index is 11.1. The molecule has 0 spiro atoms. The second-order valence-corrected chi connectivity index (χ2v) is 6.38.